The molecular weight excluding hydrogens is 228 g/mol. The van der Waals surface area contributed by atoms with Gasteiger partial charge in [-0.2, -0.15) is 0 Å². The Kier molecular flexibility index (Phi) is 3.81. The normalized spacial score (nSPS) is 19.7. The molecule has 1 fully saturated rings. The van der Waals surface area contributed by atoms with Gasteiger partial charge in [0.15, 0.2) is 0 Å². The second-order valence-electron chi connectivity index (χ2n) is 4.74. The van der Waals surface area contributed by atoms with Crippen LogP contribution in [0.4, 0.5) is 5.82 Å². The highest BCUT2D eigenvalue weighted by molar-refractivity contribution is 5.94. The van der Waals surface area contributed by atoms with Crippen LogP contribution in [0.2, 0.25) is 0 Å². The summed E-state index contributed by atoms with van der Waals surface area (Å²) in [4.78, 5) is 18.2. The predicted molar refractivity (Wildman–Crippen MR) is 72.0 cm³/mol. The van der Waals surface area contributed by atoms with Crippen molar-refractivity contribution in [1.82, 2.24) is 15.6 Å². The molecule has 5 nitrogen and oxygen atoms in total. The SMILES string of the molecule is CNC(=O)c1cnc(N2CCNC(C)C2)c(C)c1. The number of pyridine rings is 1. The molecule has 0 saturated carbocycles. The lowest BCUT2D eigenvalue weighted by atomic mass is 10.1. The zero-order valence-electron chi connectivity index (χ0n) is 11.2. The summed E-state index contributed by atoms with van der Waals surface area (Å²) >= 11 is 0. The van der Waals surface area contributed by atoms with E-state index in [4.69, 9.17) is 0 Å². The highest BCUT2D eigenvalue weighted by atomic mass is 16.1. The van der Waals surface area contributed by atoms with Crippen molar-refractivity contribution in [3.05, 3.63) is 23.4 Å². The number of aromatic nitrogens is 1. The molecule has 1 aliphatic heterocycles. The highest BCUT2D eigenvalue weighted by Gasteiger charge is 2.19. The van der Waals surface area contributed by atoms with Crippen molar-refractivity contribution in [3.63, 3.8) is 0 Å². The molecule has 0 radical (unpaired) electrons. The van der Waals surface area contributed by atoms with Crippen molar-refractivity contribution < 1.29 is 4.79 Å². The number of carbonyl (C=O) groups is 1. The van der Waals surface area contributed by atoms with E-state index in [9.17, 15) is 4.79 Å². The number of nitrogens with one attached hydrogen (secondary N) is 2. The van der Waals surface area contributed by atoms with Gasteiger partial charge in [0.25, 0.3) is 5.91 Å². The van der Waals surface area contributed by atoms with E-state index >= 15 is 0 Å². The number of amides is 1. The van der Waals surface area contributed by atoms with Gasteiger partial charge in [0, 0.05) is 38.9 Å². The van der Waals surface area contributed by atoms with Crippen LogP contribution in [0.1, 0.15) is 22.8 Å². The lowest BCUT2D eigenvalue weighted by Gasteiger charge is -2.33. The Morgan fingerprint density at radius 1 is 1.61 bits per heavy atom. The van der Waals surface area contributed by atoms with Gasteiger partial charge in [-0.3, -0.25) is 4.79 Å². The predicted octanol–water partition coefficient (Wildman–Crippen LogP) is 0.548. The van der Waals surface area contributed by atoms with E-state index < -0.39 is 0 Å². The average Bonchev–Trinajstić information content (AvgIpc) is 2.37. The summed E-state index contributed by atoms with van der Waals surface area (Å²) in [6, 6.07) is 2.37. The van der Waals surface area contributed by atoms with Gasteiger partial charge in [0.05, 0.1) is 5.56 Å². The first kappa shape index (κ1) is 12.8. The van der Waals surface area contributed by atoms with Crippen LogP contribution >= 0.6 is 0 Å². The van der Waals surface area contributed by atoms with Crippen molar-refractivity contribution >= 4 is 11.7 Å². The van der Waals surface area contributed by atoms with Gasteiger partial charge in [-0.25, -0.2) is 4.98 Å². The van der Waals surface area contributed by atoms with E-state index in [1.165, 1.54) is 0 Å². The summed E-state index contributed by atoms with van der Waals surface area (Å²) < 4.78 is 0. The summed E-state index contributed by atoms with van der Waals surface area (Å²) in [6.45, 7) is 7.05. The number of hydrogen-bond donors (Lipinski definition) is 2. The minimum Gasteiger partial charge on any atom is -0.355 e. The van der Waals surface area contributed by atoms with Crippen LogP contribution < -0.4 is 15.5 Å². The molecule has 0 spiro atoms. The molecular formula is C13H20N4O. The molecule has 0 bridgehead atoms. The molecule has 1 aliphatic rings. The third kappa shape index (κ3) is 2.61. The molecule has 5 heteroatoms. The van der Waals surface area contributed by atoms with E-state index in [0.717, 1.165) is 31.0 Å². The molecule has 2 heterocycles. The molecule has 98 valence electrons. The number of hydrogen-bond acceptors (Lipinski definition) is 4. The third-order valence-electron chi connectivity index (χ3n) is 3.21. The first-order valence-electron chi connectivity index (χ1n) is 6.29. The molecule has 1 unspecified atom stereocenters. The quantitative estimate of drug-likeness (QED) is 0.802. The smallest absolute Gasteiger partial charge is 0.252 e. The zero-order valence-corrected chi connectivity index (χ0v) is 11.2. The fraction of sp³-hybridized carbons (Fsp3) is 0.538. The van der Waals surface area contributed by atoms with Gasteiger partial charge in [-0.1, -0.05) is 0 Å². The fourth-order valence-electron chi connectivity index (χ4n) is 2.29. The summed E-state index contributed by atoms with van der Waals surface area (Å²) in [7, 11) is 1.63. The van der Waals surface area contributed by atoms with Gasteiger partial charge in [0.2, 0.25) is 0 Å². The lowest BCUT2D eigenvalue weighted by molar-refractivity contribution is 0.0962. The first-order chi connectivity index (χ1) is 8.61. The van der Waals surface area contributed by atoms with Crippen LogP contribution in [0.15, 0.2) is 12.3 Å². The van der Waals surface area contributed by atoms with Crippen LogP contribution in [-0.2, 0) is 0 Å². The van der Waals surface area contributed by atoms with E-state index in [2.05, 4.69) is 27.4 Å². The number of aryl methyl sites for hydroxylation is 1. The molecule has 0 aliphatic carbocycles. The Morgan fingerprint density at radius 3 is 3.00 bits per heavy atom. The molecule has 1 saturated heterocycles. The Bertz CT molecular complexity index is 447. The maximum atomic E-state index is 11.5. The Hall–Kier alpha value is -1.62. The minimum absolute atomic E-state index is 0.0918. The molecule has 1 atom stereocenters. The number of anilines is 1. The Morgan fingerprint density at radius 2 is 2.39 bits per heavy atom. The largest absolute Gasteiger partial charge is 0.355 e. The number of carbonyl (C=O) groups excluding carboxylic acids is 1. The van der Waals surface area contributed by atoms with Crippen molar-refractivity contribution in [3.8, 4) is 0 Å². The Labute approximate surface area is 108 Å². The molecule has 0 aromatic carbocycles. The number of rotatable bonds is 2. The second kappa shape index (κ2) is 5.35. The Balaban J connectivity index is 2.21. The monoisotopic (exact) mass is 248 g/mol. The highest BCUT2D eigenvalue weighted by Crippen LogP contribution is 2.19. The number of piperazine rings is 1. The zero-order chi connectivity index (χ0) is 13.1. The molecule has 1 amide bonds. The van der Waals surface area contributed by atoms with E-state index in [0.29, 0.717) is 11.6 Å². The summed E-state index contributed by atoms with van der Waals surface area (Å²) in [5.74, 6) is 0.891. The average molecular weight is 248 g/mol. The number of nitrogens with zero attached hydrogens (tertiary/aromatic N) is 2. The molecule has 1 aromatic heterocycles. The van der Waals surface area contributed by atoms with Gasteiger partial charge in [-0.15, -0.1) is 0 Å². The second-order valence-corrected chi connectivity index (χ2v) is 4.74. The summed E-state index contributed by atoms with van der Waals surface area (Å²) in [5.41, 5.74) is 1.66. The van der Waals surface area contributed by atoms with Crippen LogP contribution in [0.25, 0.3) is 0 Å². The maximum Gasteiger partial charge on any atom is 0.252 e. The van der Waals surface area contributed by atoms with Crippen LogP contribution in [-0.4, -0.2) is 43.6 Å². The van der Waals surface area contributed by atoms with Gasteiger partial charge < -0.3 is 15.5 Å². The molecule has 18 heavy (non-hydrogen) atoms. The van der Waals surface area contributed by atoms with Crippen LogP contribution in [0, 0.1) is 6.92 Å². The minimum atomic E-state index is -0.0918. The standard InChI is InChI=1S/C13H20N4O/c1-9-6-11(13(18)14-3)7-16-12(9)17-5-4-15-10(2)8-17/h6-7,10,15H,4-5,8H2,1-3H3,(H,14,18). The van der Waals surface area contributed by atoms with E-state index in [1.807, 2.05) is 13.0 Å². The van der Waals surface area contributed by atoms with Crippen molar-refractivity contribution in [2.75, 3.05) is 31.6 Å². The van der Waals surface area contributed by atoms with E-state index in [1.54, 1.807) is 13.2 Å². The maximum absolute atomic E-state index is 11.5. The third-order valence-corrected chi connectivity index (χ3v) is 3.21. The van der Waals surface area contributed by atoms with Crippen LogP contribution in [0.3, 0.4) is 0 Å². The first-order valence-corrected chi connectivity index (χ1v) is 6.29. The van der Waals surface area contributed by atoms with Crippen LogP contribution in [0.5, 0.6) is 0 Å². The van der Waals surface area contributed by atoms with Crippen molar-refractivity contribution in [2.24, 2.45) is 0 Å². The van der Waals surface area contributed by atoms with E-state index in [-0.39, 0.29) is 5.91 Å². The summed E-state index contributed by atoms with van der Waals surface area (Å²) in [6.07, 6.45) is 1.65. The van der Waals surface area contributed by atoms with Gasteiger partial charge >= 0.3 is 0 Å². The lowest BCUT2D eigenvalue weighted by Crippen LogP contribution is -2.49. The van der Waals surface area contributed by atoms with Crippen molar-refractivity contribution in [1.29, 1.82) is 0 Å². The van der Waals surface area contributed by atoms with Gasteiger partial charge in [0.1, 0.15) is 5.82 Å². The van der Waals surface area contributed by atoms with Gasteiger partial charge in [-0.05, 0) is 25.5 Å². The topological polar surface area (TPSA) is 57.3 Å². The molecule has 2 N–H and O–H groups in total. The molecule has 1 aromatic rings. The fourth-order valence-corrected chi connectivity index (χ4v) is 2.29. The van der Waals surface area contributed by atoms with Crippen molar-refractivity contribution in [2.45, 2.75) is 19.9 Å². The molecule has 2 rings (SSSR count). The summed E-state index contributed by atoms with van der Waals surface area (Å²) in [5, 5.41) is 6.02.